The summed E-state index contributed by atoms with van der Waals surface area (Å²) in [6.07, 6.45) is 1.95. The highest BCUT2D eigenvalue weighted by molar-refractivity contribution is 6.05. The van der Waals surface area contributed by atoms with Crippen molar-refractivity contribution in [2.45, 2.75) is 25.8 Å². The van der Waals surface area contributed by atoms with Crippen LogP contribution < -0.4 is 5.32 Å². The fourth-order valence-electron chi connectivity index (χ4n) is 1.46. The fraction of sp³-hybridized carbons (Fsp3) is 0.500. The zero-order chi connectivity index (χ0) is 11.4. The standard InChI is InChI=1S/C10H14N2O3/c1-3-6-11-10(15)7(2)12-8(13)4-5-9(12)14/h3,7H,1,4-6H2,2H3,(H,11,15)/t7-/m0/s1. The van der Waals surface area contributed by atoms with Crippen LogP contribution in [-0.2, 0) is 14.4 Å². The predicted octanol–water partition coefficient (Wildman–Crippen LogP) is -0.174. The van der Waals surface area contributed by atoms with Crippen molar-refractivity contribution in [3.8, 4) is 0 Å². The number of nitrogens with zero attached hydrogens (tertiary/aromatic N) is 1. The molecule has 0 aliphatic carbocycles. The zero-order valence-corrected chi connectivity index (χ0v) is 8.66. The molecule has 1 heterocycles. The number of carbonyl (C=O) groups excluding carboxylic acids is 3. The Balaban J connectivity index is 2.62. The van der Waals surface area contributed by atoms with E-state index >= 15 is 0 Å². The van der Waals surface area contributed by atoms with Gasteiger partial charge in [0.05, 0.1) is 0 Å². The smallest absolute Gasteiger partial charge is 0.243 e. The van der Waals surface area contributed by atoms with E-state index < -0.39 is 6.04 Å². The highest BCUT2D eigenvalue weighted by Crippen LogP contribution is 2.15. The Morgan fingerprint density at radius 3 is 2.53 bits per heavy atom. The average Bonchev–Trinajstić information content (AvgIpc) is 2.54. The molecule has 15 heavy (non-hydrogen) atoms. The van der Waals surface area contributed by atoms with Crippen molar-refractivity contribution in [2.75, 3.05) is 6.54 Å². The van der Waals surface area contributed by atoms with Gasteiger partial charge in [-0.25, -0.2) is 0 Å². The molecule has 1 N–H and O–H groups in total. The summed E-state index contributed by atoms with van der Waals surface area (Å²) in [7, 11) is 0. The number of nitrogens with one attached hydrogen (secondary N) is 1. The van der Waals surface area contributed by atoms with Gasteiger partial charge in [0.2, 0.25) is 17.7 Å². The van der Waals surface area contributed by atoms with Crippen LogP contribution in [0.5, 0.6) is 0 Å². The quantitative estimate of drug-likeness (QED) is 0.517. The second kappa shape index (κ2) is 4.72. The van der Waals surface area contributed by atoms with Gasteiger partial charge in [-0.15, -0.1) is 6.58 Å². The molecule has 0 aromatic carbocycles. The van der Waals surface area contributed by atoms with E-state index in [1.807, 2.05) is 0 Å². The molecule has 0 bridgehead atoms. The van der Waals surface area contributed by atoms with Gasteiger partial charge >= 0.3 is 0 Å². The first-order valence-corrected chi connectivity index (χ1v) is 4.81. The maximum absolute atomic E-state index is 11.5. The SMILES string of the molecule is C=CCNC(=O)[C@H](C)N1C(=O)CCC1=O. The highest BCUT2D eigenvalue weighted by Gasteiger charge is 2.35. The molecule has 1 atom stereocenters. The third kappa shape index (κ3) is 2.43. The largest absolute Gasteiger partial charge is 0.351 e. The molecular weight excluding hydrogens is 196 g/mol. The van der Waals surface area contributed by atoms with Crippen molar-refractivity contribution >= 4 is 17.7 Å². The molecule has 1 aliphatic rings. The molecule has 0 aromatic heterocycles. The van der Waals surface area contributed by atoms with E-state index in [0.717, 1.165) is 4.90 Å². The number of hydrogen-bond acceptors (Lipinski definition) is 3. The topological polar surface area (TPSA) is 66.5 Å². The summed E-state index contributed by atoms with van der Waals surface area (Å²) in [5.41, 5.74) is 0. The van der Waals surface area contributed by atoms with Crippen molar-refractivity contribution in [3.63, 3.8) is 0 Å². The van der Waals surface area contributed by atoms with Gasteiger partial charge in [0.15, 0.2) is 0 Å². The minimum absolute atomic E-state index is 0.206. The first-order chi connectivity index (χ1) is 7.07. The molecular formula is C10H14N2O3. The molecule has 82 valence electrons. The van der Waals surface area contributed by atoms with Crippen molar-refractivity contribution in [3.05, 3.63) is 12.7 Å². The van der Waals surface area contributed by atoms with E-state index in [1.165, 1.54) is 6.08 Å². The van der Waals surface area contributed by atoms with Gasteiger partial charge in [-0.1, -0.05) is 6.08 Å². The van der Waals surface area contributed by atoms with Crippen molar-refractivity contribution in [1.82, 2.24) is 10.2 Å². The summed E-state index contributed by atoms with van der Waals surface area (Å²) >= 11 is 0. The van der Waals surface area contributed by atoms with Gasteiger partial charge in [-0.2, -0.15) is 0 Å². The van der Waals surface area contributed by atoms with E-state index in [-0.39, 0.29) is 30.6 Å². The molecule has 0 radical (unpaired) electrons. The summed E-state index contributed by atoms with van der Waals surface area (Å²) in [6.45, 7) is 5.33. The molecule has 5 nitrogen and oxygen atoms in total. The molecule has 1 aliphatic heterocycles. The first kappa shape index (κ1) is 11.4. The van der Waals surface area contributed by atoms with Crippen molar-refractivity contribution in [1.29, 1.82) is 0 Å². The number of likely N-dealkylation sites (tertiary alicyclic amines) is 1. The summed E-state index contributed by atoms with van der Waals surface area (Å²) in [6, 6.07) is -0.729. The van der Waals surface area contributed by atoms with E-state index in [4.69, 9.17) is 0 Å². The second-order valence-corrected chi connectivity index (χ2v) is 3.37. The monoisotopic (exact) mass is 210 g/mol. The van der Waals surface area contributed by atoms with Gasteiger partial charge in [-0.3, -0.25) is 19.3 Å². The fourth-order valence-corrected chi connectivity index (χ4v) is 1.46. The van der Waals surface area contributed by atoms with Crippen LogP contribution in [0.1, 0.15) is 19.8 Å². The normalized spacial score (nSPS) is 17.8. The lowest BCUT2D eigenvalue weighted by Gasteiger charge is -2.21. The lowest BCUT2D eigenvalue weighted by atomic mass is 10.2. The van der Waals surface area contributed by atoms with Crippen LogP contribution in [0.4, 0.5) is 0 Å². The van der Waals surface area contributed by atoms with Crippen LogP contribution in [0.2, 0.25) is 0 Å². The molecule has 0 aromatic rings. The maximum Gasteiger partial charge on any atom is 0.243 e. The molecule has 5 heteroatoms. The van der Waals surface area contributed by atoms with Gasteiger partial charge in [0, 0.05) is 19.4 Å². The lowest BCUT2D eigenvalue weighted by molar-refractivity contribution is -0.146. The Labute approximate surface area is 88.1 Å². The third-order valence-electron chi connectivity index (χ3n) is 2.28. The minimum atomic E-state index is -0.729. The Bertz CT molecular complexity index is 296. The van der Waals surface area contributed by atoms with Crippen LogP contribution in [0.3, 0.4) is 0 Å². The molecule has 1 saturated heterocycles. The van der Waals surface area contributed by atoms with Gasteiger partial charge in [-0.05, 0) is 6.92 Å². The first-order valence-electron chi connectivity index (χ1n) is 4.81. The third-order valence-corrected chi connectivity index (χ3v) is 2.28. The van der Waals surface area contributed by atoms with Gasteiger partial charge in [0.25, 0.3) is 0 Å². The van der Waals surface area contributed by atoms with Crippen LogP contribution in [0.25, 0.3) is 0 Å². The Morgan fingerprint density at radius 2 is 2.07 bits per heavy atom. The summed E-state index contributed by atoms with van der Waals surface area (Å²) in [5, 5.41) is 2.55. The Kier molecular flexibility index (Phi) is 3.60. The van der Waals surface area contributed by atoms with E-state index in [0.29, 0.717) is 6.54 Å². The van der Waals surface area contributed by atoms with E-state index in [1.54, 1.807) is 6.92 Å². The average molecular weight is 210 g/mol. The van der Waals surface area contributed by atoms with Crippen LogP contribution in [-0.4, -0.2) is 35.2 Å². The summed E-state index contributed by atoms with van der Waals surface area (Å²) in [4.78, 5) is 35.1. The van der Waals surface area contributed by atoms with Crippen molar-refractivity contribution < 1.29 is 14.4 Å². The second-order valence-electron chi connectivity index (χ2n) is 3.37. The molecule has 0 unspecified atom stereocenters. The number of imide groups is 1. The molecule has 1 rings (SSSR count). The highest BCUT2D eigenvalue weighted by atomic mass is 16.2. The van der Waals surface area contributed by atoms with Gasteiger partial charge in [0.1, 0.15) is 6.04 Å². The number of amides is 3. The van der Waals surface area contributed by atoms with Crippen LogP contribution >= 0.6 is 0 Å². The van der Waals surface area contributed by atoms with E-state index in [2.05, 4.69) is 11.9 Å². The number of hydrogen-bond donors (Lipinski definition) is 1. The molecule has 0 saturated carbocycles. The van der Waals surface area contributed by atoms with Gasteiger partial charge < -0.3 is 5.32 Å². The van der Waals surface area contributed by atoms with Crippen LogP contribution in [0, 0.1) is 0 Å². The Morgan fingerprint density at radius 1 is 1.53 bits per heavy atom. The van der Waals surface area contributed by atoms with Crippen LogP contribution in [0.15, 0.2) is 12.7 Å². The maximum atomic E-state index is 11.5. The zero-order valence-electron chi connectivity index (χ0n) is 8.66. The van der Waals surface area contributed by atoms with Crippen molar-refractivity contribution in [2.24, 2.45) is 0 Å². The predicted molar refractivity (Wildman–Crippen MR) is 53.8 cm³/mol. The van der Waals surface area contributed by atoms with E-state index in [9.17, 15) is 14.4 Å². The minimum Gasteiger partial charge on any atom is -0.351 e. The summed E-state index contributed by atoms with van der Waals surface area (Å²) in [5.74, 6) is -0.888. The number of carbonyl (C=O) groups is 3. The molecule has 3 amide bonds. The molecule has 1 fully saturated rings. The Hall–Kier alpha value is -1.65. The lowest BCUT2D eigenvalue weighted by Crippen LogP contribution is -2.47. The number of rotatable bonds is 4. The summed E-state index contributed by atoms with van der Waals surface area (Å²) < 4.78 is 0. The molecule has 0 spiro atoms.